The van der Waals surface area contributed by atoms with Gasteiger partial charge in [0.1, 0.15) is 17.1 Å². The van der Waals surface area contributed by atoms with Crippen LogP contribution in [0.25, 0.3) is 0 Å². The van der Waals surface area contributed by atoms with Gasteiger partial charge in [-0.15, -0.1) is 0 Å². The largest absolute Gasteiger partial charge is 0.457 e. The molecule has 0 radical (unpaired) electrons. The first-order chi connectivity index (χ1) is 19.1. The molecule has 2 N–H and O–H groups in total. The van der Waals surface area contributed by atoms with Crippen molar-refractivity contribution >= 4 is 17.7 Å². The van der Waals surface area contributed by atoms with Gasteiger partial charge in [0, 0.05) is 30.7 Å². The Morgan fingerprint density at radius 2 is 1.78 bits per heavy atom. The maximum Gasteiger partial charge on any atom is 0.303 e. The van der Waals surface area contributed by atoms with E-state index in [1.165, 1.54) is 19.9 Å². The van der Waals surface area contributed by atoms with Crippen molar-refractivity contribution < 1.29 is 33.7 Å². The molecule has 3 fully saturated rings. The molecule has 8 nitrogen and oxygen atoms in total. The number of fused-ring (bicyclic) bond motifs is 2. The Labute approximate surface area is 242 Å². The lowest BCUT2D eigenvalue weighted by atomic mass is 9.48. The van der Waals surface area contributed by atoms with Gasteiger partial charge in [-0.1, -0.05) is 56.3 Å². The number of ether oxygens (including phenoxy) is 3. The second-order valence-electron chi connectivity index (χ2n) is 13.2. The van der Waals surface area contributed by atoms with E-state index in [2.05, 4.69) is 19.2 Å². The third kappa shape index (κ3) is 4.78. The lowest BCUT2D eigenvalue weighted by Crippen LogP contribution is -2.67. The second kappa shape index (κ2) is 10.2. The number of hydrogen-bond acceptors (Lipinski definition) is 7. The summed E-state index contributed by atoms with van der Waals surface area (Å²) in [5.74, 6) is -3.65. The molecular formula is C33H43NO7. The third-order valence-corrected chi connectivity index (χ3v) is 9.89. The van der Waals surface area contributed by atoms with E-state index < -0.39 is 52.4 Å². The van der Waals surface area contributed by atoms with Crippen molar-refractivity contribution in [2.75, 3.05) is 0 Å². The van der Waals surface area contributed by atoms with Gasteiger partial charge < -0.3 is 24.6 Å². The summed E-state index contributed by atoms with van der Waals surface area (Å²) in [6.07, 6.45) is 6.14. The molecule has 1 aromatic carbocycles. The highest BCUT2D eigenvalue weighted by molar-refractivity contribution is 5.91. The van der Waals surface area contributed by atoms with Crippen molar-refractivity contribution in [3.05, 3.63) is 60.2 Å². The quantitative estimate of drug-likeness (QED) is 0.422. The number of rotatable bonds is 3. The van der Waals surface area contributed by atoms with Gasteiger partial charge in [-0.05, 0) is 64.2 Å². The smallest absolute Gasteiger partial charge is 0.303 e. The van der Waals surface area contributed by atoms with Gasteiger partial charge in [-0.25, -0.2) is 0 Å². The van der Waals surface area contributed by atoms with E-state index in [9.17, 15) is 19.5 Å². The van der Waals surface area contributed by atoms with Gasteiger partial charge in [-0.3, -0.25) is 14.4 Å². The first kappa shape index (κ1) is 29.7. The summed E-state index contributed by atoms with van der Waals surface area (Å²) in [4.78, 5) is 40.4. The van der Waals surface area contributed by atoms with Crippen molar-refractivity contribution in [3.63, 3.8) is 0 Å². The number of Topliss-reactive ketones (excluding diaryl/α,β-unsaturated/α-hetero) is 1. The number of amides is 1. The minimum absolute atomic E-state index is 0.204. The number of aliphatic hydroxyl groups is 1. The van der Waals surface area contributed by atoms with E-state index in [-0.39, 0.29) is 29.6 Å². The molecule has 0 aromatic heterocycles. The number of benzene rings is 1. The number of hydrogen-bond donors (Lipinski definition) is 2. The Morgan fingerprint density at radius 3 is 2.44 bits per heavy atom. The standard InChI is InChI=1S/C33H43NO7/c1-19-12-11-15-23-28-32(7,41-30(4,5)40-28)20(2)26-24(18-22-13-9-8-10-14-22)34-29(37)33(23,26)25(39-21(3)35)16-17-31(6,38)27(19)36/h8-11,13-17,19-20,23-26,28,38H,12,18H2,1-7H3,(H,34,37)/b15-11+,17-16+/t19-,20-,23-,24-,25+,26-,28-,31+,32+,33-/m0/s1. The van der Waals surface area contributed by atoms with E-state index in [1.807, 2.05) is 56.3 Å². The van der Waals surface area contributed by atoms with Crippen LogP contribution in [0.1, 0.15) is 60.5 Å². The molecule has 1 spiro atoms. The first-order valence-electron chi connectivity index (χ1n) is 14.7. The summed E-state index contributed by atoms with van der Waals surface area (Å²) in [6.45, 7) is 12.4. The molecule has 8 heteroatoms. The molecule has 1 aromatic rings. The van der Waals surface area contributed by atoms with Crippen molar-refractivity contribution in [3.8, 4) is 0 Å². The van der Waals surface area contributed by atoms with Gasteiger partial charge >= 0.3 is 5.97 Å². The maximum absolute atomic E-state index is 14.6. The van der Waals surface area contributed by atoms with Crippen LogP contribution in [0.5, 0.6) is 0 Å². The molecule has 2 aliphatic heterocycles. The molecule has 4 aliphatic rings. The molecule has 1 saturated carbocycles. The van der Waals surface area contributed by atoms with E-state index in [0.717, 1.165) is 5.56 Å². The molecule has 222 valence electrons. The van der Waals surface area contributed by atoms with Crippen LogP contribution in [0, 0.1) is 29.1 Å². The predicted molar refractivity (Wildman–Crippen MR) is 152 cm³/mol. The SMILES string of the molecule is CC(=O)O[C@@H]1/C=C/[C@@](C)(O)C(=O)[C@@H](C)C/C=C/[C@H]2[C@@H]3OC(C)(C)O[C@]3(C)[C@@H](C)[C@H]3[C@H](Cc4ccccc4)NC(=O)[C@]312. The van der Waals surface area contributed by atoms with Crippen LogP contribution < -0.4 is 5.32 Å². The molecule has 10 atom stereocenters. The molecule has 2 saturated heterocycles. The third-order valence-electron chi connectivity index (χ3n) is 9.89. The van der Waals surface area contributed by atoms with Crippen LogP contribution in [-0.4, -0.2) is 58.0 Å². The van der Waals surface area contributed by atoms with Crippen molar-refractivity contribution in [1.82, 2.24) is 5.32 Å². The second-order valence-corrected chi connectivity index (χ2v) is 13.2. The Hall–Kier alpha value is -2.81. The number of carbonyl (C=O) groups is 3. The number of carbonyl (C=O) groups excluding carboxylic acids is 3. The molecule has 2 heterocycles. The summed E-state index contributed by atoms with van der Waals surface area (Å²) >= 11 is 0. The molecule has 41 heavy (non-hydrogen) atoms. The van der Waals surface area contributed by atoms with Gasteiger partial charge in [-0.2, -0.15) is 0 Å². The molecule has 0 unspecified atom stereocenters. The lowest BCUT2D eigenvalue weighted by Gasteiger charge is -2.56. The molecule has 1 amide bonds. The summed E-state index contributed by atoms with van der Waals surface area (Å²) in [5, 5.41) is 14.5. The van der Waals surface area contributed by atoms with Crippen molar-refractivity contribution in [2.24, 2.45) is 29.1 Å². The average molecular weight is 566 g/mol. The Morgan fingerprint density at radius 1 is 1.10 bits per heavy atom. The highest BCUT2D eigenvalue weighted by atomic mass is 16.8. The Kier molecular flexibility index (Phi) is 7.36. The van der Waals surface area contributed by atoms with Crippen molar-refractivity contribution in [2.45, 2.75) is 96.5 Å². The maximum atomic E-state index is 14.6. The number of nitrogens with one attached hydrogen (secondary N) is 1. The summed E-state index contributed by atoms with van der Waals surface area (Å²) < 4.78 is 19.3. The monoisotopic (exact) mass is 565 g/mol. The summed E-state index contributed by atoms with van der Waals surface area (Å²) in [7, 11) is 0. The van der Waals surface area contributed by atoms with Gasteiger partial charge in [0.25, 0.3) is 0 Å². The van der Waals surface area contributed by atoms with E-state index >= 15 is 0 Å². The lowest BCUT2D eigenvalue weighted by molar-refractivity contribution is -0.189. The fourth-order valence-corrected chi connectivity index (χ4v) is 8.11. The zero-order valence-electron chi connectivity index (χ0n) is 25.0. The fourth-order valence-electron chi connectivity index (χ4n) is 8.11. The molecule has 5 rings (SSSR count). The van der Waals surface area contributed by atoms with Gasteiger partial charge in [0.15, 0.2) is 11.6 Å². The number of ketones is 1. The summed E-state index contributed by atoms with van der Waals surface area (Å²) in [6, 6.07) is 9.69. The average Bonchev–Trinajstić information content (AvgIpc) is 3.32. The Balaban J connectivity index is 1.77. The highest BCUT2D eigenvalue weighted by Gasteiger charge is 2.75. The Bertz CT molecular complexity index is 1270. The topological polar surface area (TPSA) is 111 Å². The van der Waals surface area contributed by atoms with Gasteiger partial charge in [0.2, 0.25) is 5.91 Å². The summed E-state index contributed by atoms with van der Waals surface area (Å²) in [5.41, 5.74) is -2.78. The van der Waals surface area contributed by atoms with Crippen LogP contribution in [0.4, 0.5) is 0 Å². The number of allylic oxidation sites excluding steroid dienone is 1. The van der Waals surface area contributed by atoms with Crippen LogP contribution in [0.15, 0.2) is 54.6 Å². The zero-order valence-corrected chi connectivity index (χ0v) is 25.0. The predicted octanol–water partition coefficient (Wildman–Crippen LogP) is 3.91. The van der Waals surface area contributed by atoms with Crippen LogP contribution in [0.2, 0.25) is 0 Å². The van der Waals surface area contributed by atoms with E-state index in [0.29, 0.717) is 12.8 Å². The molecular weight excluding hydrogens is 522 g/mol. The van der Waals surface area contributed by atoms with E-state index in [4.69, 9.17) is 14.2 Å². The van der Waals surface area contributed by atoms with Crippen LogP contribution >= 0.6 is 0 Å². The molecule has 0 bridgehead atoms. The molecule has 2 aliphatic carbocycles. The van der Waals surface area contributed by atoms with Crippen LogP contribution in [-0.2, 0) is 35.0 Å². The van der Waals surface area contributed by atoms with E-state index in [1.54, 1.807) is 13.0 Å². The van der Waals surface area contributed by atoms with Crippen LogP contribution in [0.3, 0.4) is 0 Å². The van der Waals surface area contributed by atoms with Crippen molar-refractivity contribution in [1.29, 1.82) is 0 Å². The highest BCUT2D eigenvalue weighted by Crippen LogP contribution is 2.64. The minimum Gasteiger partial charge on any atom is -0.457 e. The minimum atomic E-state index is -1.81. The zero-order chi connectivity index (χ0) is 30.0. The first-order valence-corrected chi connectivity index (χ1v) is 14.7. The van der Waals surface area contributed by atoms with Gasteiger partial charge in [0.05, 0.1) is 11.7 Å². The fraction of sp³-hybridized carbons (Fsp3) is 0.606. The number of esters is 1. The normalized spacial score (nSPS) is 44.9.